The van der Waals surface area contributed by atoms with Crippen LogP contribution in [0.4, 0.5) is 4.79 Å². The van der Waals surface area contributed by atoms with E-state index in [-0.39, 0.29) is 12.4 Å². The van der Waals surface area contributed by atoms with Crippen LogP contribution in [-0.2, 0) is 4.79 Å². The molecule has 0 aromatic heterocycles. The molecule has 16 heavy (non-hydrogen) atoms. The Morgan fingerprint density at radius 2 is 2.06 bits per heavy atom. The van der Waals surface area contributed by atoms with Crippen LogP contribution in [0.2, 0.25) is 0 Å². The highest BCUT2D eigenvalue weighted by Gasteiger charge is 2.17. The molecular formula is C9H18N2O4S. The Morgan fingerprint density at radius 1 is 1.44 bits per heavy atom. The van der Waals surface area contributed by atoms with E-state index >= 15 is 0 Å². The lowest BCUT2D eigenvalue weighted by atomic mass is 10.4. The maximum absolute atomic E-state index is 11.4. The second kappa shape index (κ2) is 8.37. The Balaban J connectivity index is 3.85. The smallest absolute Gasteiger partial charge is 0.321 e. The van der Waals surface area contributed by atoms with Gasteiger partial charge in [-0.2, -0.15) is 0 Å². The molecule has 4 N–H and O–H groups in total. The van der Waals surface area contributed by atoms with E-state index in [0.29, 0.717) is 6.54 Å². The van der Waals surface area contributed by atoms with Gasteiger partial charge < -0.3 is 15.5 Å². The first-order chi connectivity index (χ1) is 7.51. The van der Waals surface area contributed by atoms with Crippen LogP contribution in [-0.4, -0.2) is 52.4 Å². The zero-order chi connectivity index (χ0) is 12.6. The number of amides is 3. The second-order valence-corrected chi connectivity index (χ2v) is 4.53. The van der Waals surface area contributed by atoms with Crippen molar-refractivity contribution in [3.8, 4) is 0 Å². The van der Waals surface area contributed by atoms with Crippen LogP contribution < -0.4 is 10.6 Å². The van der Waals surface area contributed by atoms with Crippen molar-refractivity contribution in [2.75, 3.05) is 18.9 Å². The van der Waals surface area contributed by atoms with E-state index in [1.165, 1.54) is 11.8 Å². The van der Waals surface area contributed by atoms with Crippen LogP contribution in [0.25, 0.3) is 0 Å². The van der Waals surface area contributed by atoms with E-state index in [1.807, 2.05) is 0 Å². The molecule has 2 unspecified atom stereocenters. The number of aliphatic hydroxyl groups excluding tert-OH is 2. The molecule has 0 fully saturated rings. The summed E-state index contributed by atoms with van der Waals surface area (Å²) < 4.78 is 0. The Kier molecular flexibility index (Phi) is 7.96. The fraction of sp³-hybridized carbons (Fsp3) is 0.778. The van der Waals surface area contributed by atoms with E-state index in [1.54, 1.807) is 13.8 Å². The highest BCUT2D eigenvalue weighted by atomic mass is 32.2. The van der Waals surface area contributed by atoms with E-state index in [2.05, 4.69) is 10.6 Å². The third kappa shape index (κ3) is 6.65. The molecule has 0 heterocycles. The summed E-state index contributed by atoms with van der Waals surface area (Å²) in [7, 11) is 0. The number of imide groups is 1. The molecule has 0 aromatic rings. The fourth-order valence-electron chi connectivity index (χ4n) is 0.802. The first-order valence-electron chi connectivity index (χ1n) is 5.00. The summed E-state index contributed by atoms with van der Waals surface area (Å²) in [5, 5.41) is 21.8. The number of carbonyl (C=O) groups is 2. The molecule has 7 heteroatoms. The van der Waals surface area contributed by atoms with Crippen LogP contribution in [0.3, 0.4) is 0 Å². The zero-order valence-corrected chi connectivity index (χ0v) is 10.2. The molecule has 6 nitrogen and oxygen atoms in total. The Bertz CT molecular complexity index is 238. The van der Waals surface area contributed by atoms with E-state index in [4.69, 9.17) is 10.2 Å². The molecule has 2 atom stereocenters. The first kappa shape index (κ1) is 15.2. The standard InChI is InChI=1S/C9H18N2O4S/c1-3-10-9(15)11-8(14)6(2)16-5-7(13)4-12/h6-7,12-13H,3-5H2,1-2H3,(H2,10,11,14,15). The maximum Gasteiger partial charge on any atom is 0.321 e. The number of hydrogen-bond acceptors (Lipinski definition) is 5. The first-order valence-corrected chi connectivity index (χ1v) is 6.05. The molecule has 0 radical (unpaired) electrons. The second-order valence-electron chi connectivity index (χ2n) is 3.16. The molecule has 0 aromatic carbocycles. The third-order valence-electron chi connectivity index (χ3n) is 1.69. The van der Waals surface area contributed by atoms with Crippen LogP contribution in [0, 0.1) is 0 Å². The largest absolute Gasteiger partial charge is 0.394 e. The summed E-state index contributed by atoms with van der Waals surface area (Å²) in [6, 6.07) is -0.525. The summed E-state index contributed by atoms with van der Waals surface area (Å²) in [5.74, 6) is -0.165. The minimum absolute atomic E-state index is 0.250. The predicted molar refractivity (Wildman–Crippen MR) is 62.2 cm³/mol. The van der Waals surface area contributed by atoms with Gasteiger partial charge in [0.25, 0.3) is 0 Å². The van der Waals surface area contributed by atoms with Gasteiger partial charge >= 0.3 is 6.03 Å². The van der Waals surface area contributed by atoms with Gasteiger partial charge in [0.2, 0.25) is 5.91 Å². The molecule has 0 rings (SSSR count). The summed E-state index contributed by atoms with van der Waals surface area (Å²) in [6.07, 6.45) is -0.843. The van der Waals surface area contributed by atoms with Crippen LogP contribution in [0.1, 0.15) is 13.8 Å². The number of thioether (sulfide) groups is 1. The molecule has 94 valence electrons. The van der Waals surface area contributed by atoms with E-state index in [9.17, 15) is 9.59 Å². The molecule has 3 amide bonds. The molecule has 0 spiro atoms. The van der Waals surface area contributed by atoms with Crippen molar-refractivity contribution in [1.82, 2.24) is 10.6 Å². The monoisotopic (exact) mass is 250 g/mol. The zero-order valence-electron chi connectivity index (χ0n) is 9.40. The van der Waals surface area contributed by atoms with Gasteiger partial charge in [-0.1, -0.05) is 0 Å². The number of rotatable bonds is 6. The van der Waals surface area contributed by atoms with Gasteiger partial charge in [-0.15, -0.1) is 11.8 Å². The SMILES string of the molecule is CCNC(=O)NC(=O)C(C)SCC(O)CO. The van der Waals surface area contributed by atoms with Gasteiger partial charge in [-0.3, -0.25) is 10.1 Å². The average Bonchev–Trinajstić information content (AvgIpc) is 2.25. The molecule has 0 bridgehead atoms. The Hall–Kier alpha value is -0.790. The topological polar surface area (TPSA) is 98.7 Å². The lowest BCUT2D eigenvalue weighted by molar-refractivity contribution is -0.119. The van der Waals surface area contributed by atoms with Gasteiger partial charge in [0.05, 0.1) is 18.0 Å². The number of aliphatic hydroxyl groups is 2. The van der Waals surface area contributed by atoms with Gasteiger partial charge in [-0.25, -0.2) is 4.79 Å². The fourth-order valence-corrected chi connectivity index (χ4v) is 1.63. The Labute approximate surface area is 98.8 Å². The van der Waals surface area contributed by atoms with E-state index < -0.39 is 23.3 Å². The number of urea groups is 1. The Morgan fingerprint density at radius 3 is 2.56 bits per heavy atom. The quantitative estimate of drug-likeness (QED) is 0.500. The van der Waals surface area contributed by atoms with Crippen LogP contribution in [0.5, 0.6) is 0 Å². The minimum atomic E-state index is -0.843. The van der Waals surface area contributed by atoms with Gasteiger partial charge in [0.15, 0.2) is 0 Å². The molecule has 0 aliphatic heterocycles. The molecule has 0 saturated heterocycles. The molecule has 0 saturated carbocycles. The summed E-state index contributed by atoms with van der Waals surface area (Å²) >= 11 is 1.18. The van der Waals surface area contributed by atoms with Crippen molar-refractivity contribution < 1.29 is 19.8 Å². The summed E-state index contributed by atoms with van der Waals surface area (Å²) in [5.41, 5.74) is 0. The lowest BCUT2D eigenvalue weighted by Gasteiger charge is -2.13. The van der Waals surface area contributed by atoms with Gasteiger partial charge in [-0.05, 0) is 13.8 Å². The van der Waals surface area contributed by atoms with Crippen molar-refractivity contribution in [2.24, 2.45) is 0 Å². The lowest BCUT2D eigenvalue weighted by Crippen LogP contribution is -2.42. The van der Waals surface area contributed by atoms with Crippen molar-refractivity contribution in [3.63, 3.8) is 0 Å². The summed E-state index contributed by atoms with van der Waals surface area (Å²) in [6.45, 7) is 3.49. The molecular weight excluding hydrogens is 232 g/mol. The molecule has 0 aliphatic carbocycles. The highest BCUT2D eigenvalue weighted by molar-refractivity contribution is 8.00. The van der Waals surface area contributed by atoms with Crippen molar-refractivity contribution in [3.05, 3.63) is 0 Å². The maximum atomic E-state index is 11.4. The van der Waals surface area contributed by atoms with Crippen molar-refractivity contribution in [2.45, 2.75) is 25.2 Å². The number of carbonyl (C=O) groups excluding carboxylic acids is 2. The summed E-state index contributed by atoms with van der Waals surface area (Å²) in [4.78, 5) is 22.4. The van der Waals surface area contributed by atoms with Crippen LogP contribution >= 0.6 is 11.8 Å². The highest BCUT2D eigenvalue weighted by Crippen LogP contribution is 2.11. The normalized spacial score (nSPS) is 14.0. The third-order valence-corrected chi connectivity index (χ3v) is 2.98. The number of nitrogens with one attached hydrogen (secondary N) is 2. The predicted octanol–water partition coefficient (Wildman–Crippen LogP) is -0.693. The van der Waals surface area contributed by atoms with Gasteiger partial charge in [0.1, 0.15) is 0 Å². The molecule has 0 aliphatic rings. The van der Waals surface area contributed by atoms with Crippen molar-refractivity contribution in [1.29, 1.82) is 0 Å². The average molecular weight is 250 g/mol. The van der Waals surface area contributed by atoms with E-state index in [0.717, 1.165) is 0 Å². The minimum Gasteiger partial charge on any atom is -0.394 e. The van der Waals surface area contributed by atoms with Gasteiger partial charge in [0, 0.05) is 12.3 Å². The van der Waals surface area contributed by atoms with Crippen LogP contribution in [0.15, 0.2) is 0 Å². The van der Waals surface area contributed by atoms with Crippen molar-refractivity contribution >= 4 is 23.7 Å². The number of hydrogen-bond donors (Lipinski definition) is 4.